The highest BCUT2D eigenvalue weighted by atomic mass is 16.1. The van der Waals surface area contributed by atoms with Gasteiger partial charge >= 0.3 is 0 Å². The molecule has 0 aliphatic heterocycles. The van der Waals surface area contributed by atoms with Crippen LogP contribution in [0.5, 0.6) is 0 Å². The van der Waals surface area contributed by atoms with Crippen molar-refractivity contribution in [3.8, 4) is 23.3 Å². The van der Waals surface area contributed by atoms with E-state index in [0.29, 0.717) is 39.6 Å². The summed E-state index contributed by atoms with van der Waals surface area (Å²) in [6, 6.07) is 35.6. The van der Waals surface area contributed by atoms with E-state index in [-0.39, 0.29) is 5.56 Å². The number of nitriles is 2. The van der Waals surface area contributed by atoms with Crippen LogP contribution in [-0.4, -0.2) is 9.38 Å². The number of pyridine rings is 1. The average molecular weight is 487 g/mol. The highest BCUT2D eigenvalue weighted by molar-refractivity contribution is 6.20. The normalized spacial score (nSPS) is 11.3. The Morgan fingerprint density at radius 2 is 1.45 bits per heavy atom. The molecule has 0 spiro atoms. The highest BCUT2D eigenvalue weighted by Gasteiger charge is 2.21. The van der Waals surface area contributed by atoms with Crippen molar-refractivity contribution in [3.63, 3.8) is 0 Å². The van der Waals surface area contributed by atoms with Gasteiger partial charge in [-0.1, -0.05) is 66.7 Å². The summed E-state index contributed by atoms with van der Waals surface area (Å²) in [5.41, 5.74) is 6.44. The molecule has 0 aliphatic carbocycles. The minimum Gasteiger partial charge on any atom is -0.268 e. The number of imidazole rings is 1. The lowest BCUT2D eigenvalue weighted by Gasteiger charge is -2.13. The van der Waals surface area contributed by atoms with Gasteiger partial charge in [0.1, 0.15) is 5.65 Å². The zero-order valence-corrected chi connectivity index (χ0v) is 20.1. The molecule has 0 aliphatic rings. The van der Waals surface area contributed by atoms with Gasteiger partial charge in [-0.05, 0) is 59.0 Å². The molecule has 7 rings (SSSR count). The SMILES string of the molecule is N#Cc1cc2c(cc1Cc1ccccc1)nc1c3ccc(C#N)c4c(-c5ccccc5)ccc(c(=O)n21)c43. The quantitative estimate of drug-likeness (QED) is 0.282. The second-order valence-electron chi connectivity index (χ2n) is 9.40. The van der Waals surface area contributed by atoms with Crippen molar-refractivity contribution in [3.05, 3.63) is 130 Å². The topological polar surface area (TPSA) is 81.9 Å². The first-order valence-electron chi connectivity index (χ1n) is 12.3. The summed E-state index contributed by atoms with van der Waals surface area (Å²) in [6.07, 6.45) is 0.595. The molecule has 5 nitrogen and oxygen atoms in total. The van der Waals surface area contributed by atoms with Crippen molar-refractivity contribution >= 4 is 38.2 Å². The standard InChI is InChI=1S/C33H18N4O/c34-18-22-11-12-26-31-27(14-13-25(30(22)31)21-9-5-2-6-10-21)33(38)37-29-17-24(19-35)23(16-28(29)36-32(26)37)15-20-7-3-1-4-8-20/h1-14,16-17H,15H2. The van der Waals surface area contributed by atoms with E-state index in [1.807, 2.05) is 84.9 Å². The smallest absolute Gasteiger partial charge is 0.264 e. The van der Waals surface area contributed by atoms with Gasteiger partial charge in [0.25, 0.3) is 5.56 Å². The fourth-order valence-electron chi connectivity index (χ4n) is 5.55. The van der Waals surface area contributed by atoms with Crippen molar-refractivity contribution in [2.45, 2.75) is 6.42 Å². The van der Waals surface area contributed by atoms with Crippen molar-refractivity contribution in [1.82, 2.24) is 9.38 Å². The number of rotatable bonds is 3. The zero-order valence-electron chi connectivity index (χ0n) is 20.1. The zero-order chi connectivity index (χ0) is 25.8. The van der Waals surface area contributed by atoms with E-state index in [9.17, 15) is 15.3 Å². The van der Waals surface area contributed by atoms with Gasteiger partial charge in [-0.15, -0.1) is 0 Å². The van der Waals surface area contributed by atoms with Gasteiger partial charge in [-0.25, -0.2) is 4.98 Å². The molecule has 0 radical (unpaired) electrons. The van der Waals surface area contributed by atoms with Gasteiger partial charge in [0.15, 0.2) is 0 Å². The van der Waals surface area contributed by atoms with Crippen LogP contribution in [0.4, 0.5) is 0 Å². The molecule has 0 fully saturated rings. The molecule has 0 saturated carbocycles. The number of aromatic nitrogens is 2. The van der Waals surface area contributed by atoms with E-state index < -0.39 is 0 Å². The minimum absolute atomic E-state index is 0.214. The lowest BCUT2D eigenvalue weighted by Crippen LogP contribution is -2.13. The predicted octanol–water partition coefficient (Wildman–Crippen LogP) is 6.59. The molecule has 0 bridgehead atoms. The number of fused-ring (bicyclic) bond motifs is 4. The van der Waals surface area contributed by atoms with Gasteiger partial charge in [0.05, 0.1) is 34.3 Å². The first-order chi connectivity index (χ1) is 18.7. The first kappa shape index (κ1) is 21.7. The summed E-state index contributed by atoms with van der Waals surface area (Å²) < 4.78 is 1.60. The van der Waals surface area contributed by atoms with Crippen LogP contribution in [0, 0.1) is 22.7 Å². The van der Waals surface area contributed by atoms with Crippen LogP contribution >= 0.6 is 0 Å². The van der Waals surface area contributed by atoms with Crippen LogP contribution in [0.1, 0.15) is 22.3 Å². The summed E-state index contributed by atoms with van der Waals surface area (Å²) in [4.78, 5) is 18.9. The van der Waals surface area contributed by atoms with E-state index in [0.717, 1.165) is 38.4 Å². The molecule has 0 unspecified atom stereocenters. The van der Waals surface area contributed by atoms with Crippen LogP contribution < -0.4 is 5.56 Å². The Morgan fingerprint density at radius 1 is 0.737 bits per heavy atom. The molecule has 5 heteroatoms. The highest BCUT2D eigenvalue weighted by Crippen LogP contribution is 2.38. The molecule has 0 amide bonds. The Hall–Kier alpha value is -5.52. The van der Waals surface area contributed by atoms with E-state index in [1.165, 1.54) is 0 Å². The molecular weight excluding hydrogens is 468 g/mol. The molecule has 5 aromatic carbocycles. The molecule has 0 saturated heterocycles. The van der Waals surface area contributed by atoms with E-state index in [1.54, 1.807) is 16.5 Å². The second-order valence-corrected chi connectivity index (χ2v) is 9.40. The summed E-state index contributed by atoms with van der Waals surface area (Å²) in [6.45, 7) is 0. The van der Waals surface area contributed by atoms with Gasteiger partial charge in [0.2, 0.25) is 0 Å². The summed E-state index contributed by atoms with van der Waals surface area (Å²) >= 11 is 0. The van der Waals surface area contributed by atoms with E-state index >= 15 is 0 Å². The maximum absolute atomic E-state index is 13.9. The lowest BCUT2D eigenvalue weighted by molar-refractivity contribution is 1.17. The molecule has 2 heterocycles. The molecule has 0 N–H and O–H groups in total. The second kappa shape index (κ2) is 8.27. The Labute approximate surface area is 217 Å². The molecule has 38 heavy (non-hydrogen) atoms. The summed E-state index contributed by atoms with van der Waals surface area (Å²) in [5.74, 6) is 0. The van der Waals surface area contributed by atoms with Gasteiger partial charge in [0, 0.05) is 21.5 Å². The Balaban J connectivity index is 1.59. The fourth-order valence-corrected chi connectivity index (χ4v) is 5.55. The molecule has 2 aromatic heterocycles. The monoisotopic (exact) mass is 486 g/mol. The maximum Gasteiger partial charge on any atom is 0.264 e. The first-order valence-corrected chi connectivity index (χ1v) is 12.3. The number of hydrogen-bond acceptors (Lipinski definition) is 4. The third-order valence-corrected chi connectivity index (χ3v) is 7.28. The summed E-state index contributed by atoms with van der Waals surface area (Å²) in [5, 5.41) is 22.7. The van der Waals surface area contributed by atoms with Crippen molar-refractivity contribution in [2.24, 2.45) is 0 Å². The molecule has 7 aromatic rings. The van der Waals surface area contributed by atoms with Crippen LogP contribution in [-0.2, 0) is 6.42 Å². The Bertz CT molecular complexity index is 2180. The molecular formula is C33H18N4O. The third kappa shape index (κ3) is 3.10. The maximum atomic E-state index is 13.9. The Kier molecular flexibility index (Phi) is 4.73. The van der Waals surface area contributed by atoms with Crippen LogP contribution in [0.3, 0.4) is 0 Å². The van der Waals surface area contributed by atoms with Gasteiger partial charge in [-0.2, -0.15) is 10.5 Å². The van der Waals surface area contributed by atoms with Gasteiger partial charge < -0.3 is 0 Å². The Morgan fingerprint density at radius 3 is 2.18 bits per heavy atom. The lowest BCUT2D eigenvalue weighted by atomic mass is 9.91. The van der Waals surface area contributed by atoms with Crippen molar-refractivity contribution < 1.29 is 0 Å². The third-order valence-electron chi connectivity index (χ3n) is 7.28. The van der Waals surface area contributed by atoms with Crippen LogP contribution in [0.15, 0.2) is 102 Å². The number of nitrogens with zero attached hydrogens (tertiary/aromatic N) is 4. The van der Waals surface area contributed by atoms with Crippen molar-refractivity contribution in [1.29, 1.82) is 10.5 Å². The number of benzene rings is 5. The number of hydrogen-bond donors (Lipinski definition) is 0. The predicted molar refractivity (Wildman–Crippen MR) is 149 cm³/mol. The van der Waals surface area contributed by atoms with Crippen LogP contribution in [0.2, 0.25) is 0 Å². The summed E-state index contributed by atoms with van der Waals surface area (Å²) in [7, 11) is 0. The van der Waals surface area contributed by atoms with Gasteiger partial charge in [-0.3, -0.25) is 9.20 Å². The van der Waals surface area contributed by atoms with E-state index in [4.69, 9.17) is 4.98 Å². The van der Waals surface area contributed by atoms with Crippen LogP contribution in [0.25, 0.3) is 49.4 Å². The largest absolute Gasteiger partial charge is 0.268 e. The van der Waals surface area contributed by atoms with Crippen molar-refractivity contribution in [2.75, 3.05) is 0 Å². The average Bonchev–Trinajstić information content (AvgIpc) is 3.34. The molecule has 0 atom stereocenters. The fraction of sp³-hybridized carbons (Fsp3) is 0.0303. The minimum atomic E-state index is -0.214. The molecule has 176 valence electrons. The van der Waals surface area contributed by atoms with E-state index in [2.05, 4.69) is 12.1 Å².